The van der Waals surface area contributed by atoms with Gasteiger partial charge in [-0.05, 0) is 12.1 Å². The van der Waals surface area contributed by atoms with Crippen molar-refractivity contribution in [2.45, 2.75) is 18.2 Å². The Morgan fingerprint density at radius 1 is 1.17 bits per heavy atom. The van der Waals surface area contributed by atoms with Crippen LogP contribution in [-0.4, -0.2) is 50.1 Å². The summed E-state index contributed by atoms with van der Waals surface area (Å²) in [5.41, 5.74) is -3.91. The van der Waals surface area contributed by atoms with E-state index in [1.807, 2.05) is 0 Å². The Labute approximate surface area is 135 Å². The van der Waals surface area contributed by atoms with E-state index in [-0.39, 0.29) is 11.4 Å². The van der Waals surface area contributed by atoms with Crippen molar-refractivity contribution in [3.63, 3.8) is 0 Å². The van der Waals surface area contributed by atoms with Crippen molar-refractivity contribution in [3.05, 3.63) is 18.2 Å². The number of aliphatic hydroxyl groups is 1. The molecule has 0 aromatic heterocycles. The molecule has 134 valence electrons. The highest BCUT2D eigenvalue weighted by Gasteiger charge is 2.61. The van der Waals surface area contributed by atoms with Crippen LogP contribution in [0.1, 0.15) is 6.42 Å². The van der Waals surface area contributed by atoms with Gasteiger partial charge in [-0.25, -0.2) is 4.79 Å². The van der Waals surface area contributed by atoms with Gasteiger partial charge in [0.25, 0.3) is 5.60 Å². The quantitative estimate of drug-likeness (QED) is 0.755. The van der Waals surface area contributed by atoms with Crippen LogP contribution in [0.5, 0.6) is 11.5 Å². The lowest BCUT2D eigenvalue weighted by Crippen LogP contribution is -2.54. The molecule has 1 aromatic carbocycles. The van der Waals surface area contributed by atoms with Crippen molar-refractivity contribution < 1.29 is 42.1 Å². The predicted molar refractivity (Wildman–Crippen MR) is 75.8 cm³/mol. The minimum atomic E-state index is -5.39. The molecule has 7 nitrogen and oxygen atoms in total. The third-order valence-corrected chi connectivity index (χ3v) is 3.09. The first-order valence-corrected chi connectivity index (χ1v) is 6.48. The number of anilines is 1. The number of nitrogens with one attached hydrogen (secondary N) is 1. The van der Waals surface area contributed by atoms with E-state index < -0.39 is 30.1 Å². The predicted octanol–water partition coefficient (Wildman–Crippen LogP) is 1.50. The number of amides is 1. The number of carbonyl (C=O) groups excluding carboxylic acids is 2. The van der Waals surface area contributed by atoms with Gasteiger partial charge >= 0.3 is 12.1 Å². The highest BCUT2D eigenvalue weighted by molar-refractivity contribution is 5.97. The number of rotatable bonds is 6. The number of halogens is 3. The first-order valence-electron chi connectivity index (χ1n) is 6.48. The maximum absolute atomic E-state index is 12.9. The van der Waals surface area contributed by atoms with Gasteiger partial charge in [-0.15, -0.1) is 0 Å². The van der Waals surface area contributed by atoms with Crippen molar-refractivity contribution in [1.82, 2.24) is 0 Å². The number of methoxy groups -OCH3 is 3. The van der Waals surface area contributed by atoms with Crippen LogP contribution in [0, 0.1) is 0 Å². The monoisotopic (exact) mass is 351 g/mol. The van der Waals surface area contributed by atoms with Crippen molar-refractivity contribution in [2.75, 3.05) is 26.6 Å². The summed E-state index contributed by atoms with van der Waals surface area (Å²) in [6.45, 7) is 0. The number of ether oxygens (including phenoxy) is 3. The molecule has 10 heteroatoms. The van der Waals surface area contributed by atoms with E-state index in [0.717, 1.165) is 0 Å². The van der Waals surface area contributed by atoms with Gasteiger partial charge in [0.1, 0.15) is 11.5 Å². The van der Waals surface area contributed by atoms with Gasteiger partial charge in [0, 0.05) is 6.07 Å². The summed E-state index contributed by atoms with van der Waals surface area (Å²) < 4.78 is 52.6. The molecule has 0 aliphatic rings. The highest BCUT2D eigenvalue weighted by Crippen LogP contribution is 2.35. The van der Waals surface area contributed by atoms with Crippen LogP contribution in [0.25, 0.3) is 0 Å². The van der Waals surface area contributed by atoms with Crippen LogP contribution in [0.15, 0.2) is 18.2 Å². The lowest BCUT2D eigenvalue weighted by atomic mass is 9.98. The van der Waals surface area contributed by atoms with E-state index in [4.69, 9.17) is 9.47 Å². The van der Waals surface area contributed by atoms with Gasteiger partial charge in [-0.3, -0.25) is 4.79 Å². The summed E-state index contributed by atoms with van der Waals surface area (Å²) >= 11 is 0. The number of benzene rings is 1. The maximum atomic E-state index is 12.9. The smallest absolute Gasteiger partial charge is 0.428 e. The average molecular weight is 351 g/mol. The van der Waals surface area contributed by atoms with Gasteiger partial charge < -0.3 is 24.6 Å². The fourth-order valence-electron chi connectivity index (χ4n) is 1.79. The zero-order valence-corrected chi connectivity index (χ0v) is 13.1. The lowest BCUT2D eigenvalue weighted by Gasteiger charge is -2.27. The summed E-state index contributed by atoms with van der Waals surface area (Å²) in [5.74, 6) is -2.72. The molecule has 0 bridgehead atoms. The molecule has 0 saturated heterocycles. The summed E-state index contributed by atoms with van der Waals surface area (Å²) in [5, 5.41) is 11.7. The molecule has 0 aliphatic carbocycles. The summed E-state index contributed by atoms with van der Waals surface area (Å²) in [6.07, 6.45) is -6.96. The fourth-order valence-corrected chi connectivity index (χ4v) is 1.79. The number of alkyl halides is 3. The number of hydrogen-bond donors (Lipinski definition) is 2. The van der Waals surface area contributed by atoms with E-state index >= 15 is 0 Å². The largest absolute Gasteiger partial charge is 0.497 e. The van der Waals surface area contributed by atoms with E-state index in [9.17, 15) is 27.9 Å². The molecule has 2 N–H and O–H groups in total. The lowest BCUT2D eigenvalue weighted by molar-refractivity contribution is -0.261. The minimum Gasteiger partial charge on any atom is -0.497 e. The first kappa shape index (κ1) is 19.6. The second kappa shape index (κ2) is 7.39. The van der Waals surface area contributed by atoms with E-state index in [0.29, 0.717) is 12.9 Å². The van der Waals surface area contributed by atoms with Crippen molar-refractivity contribution >= 4 is 17.6 Å². The van der Waals surface area contributed by atoms with E-state index in [2.05, 4.69) is 10.1 Å². The van der Waals surface area contributed by atoms with Gasteiger partial charge in [-0.1, -0.05) is 0 Å². The Kier molecular flexibility index (Phi) is 6.02. The van der Waals surface area contributed by atoms with Gasteiger partial charge in [0.15, 0.2) is 0 Å². The molecule has 0 saturated carbocycles. The number of hydrogen-bond acceptors (Lipinski definition) is 6. The molecular formula is C14H16F3NO6. The van der Waals surface area contributed by atoms with E-state index in [1.54, 1.807) is 0 Å². The van der Waals surface area contributed by atoms with Gasteiger partial charge in [0.05, 0.1) is 33.4 Å². The second-order valence-electron chi connectivity index (χ2n) is 4.64. The highest BCUT2D eigenvalue weighted by atomic mass is 19.4. The molecule has 0 fully saturated rings. The molecule has 0 spiro atoms. The molecular weight excluding hydrogens is 335 g/mol. The Balaban J connectivity index is 3.01. The second-order valence-corrected chi connectivity index (χ2v) is 4.64. The Morgan fingerprint density at radius 3 is 2.25 bits per heavy atom. The van der Waals surface area contributed by atoms with Gasteiger partial charge in [-0.2, -0.15) is 13.2 Å². The molecule has 24 heavy (non-hydrogen) atoms. The van der Waals surface area contributed by atoms with Crippen LogP contribution in [0.3, 0.4) is 0 Å². The summed E-state index contributed by atoms with van der Waals surface area (Å²) in [6, 6.07) is 4.17. The molecule has 1 aromatic rings. The zero-order valence-electron chi connectivity index (χ0n) is 13.1. The number of carbonyl (C=O) groups is 2. The molecule has 1 rings (SSSR count). The number of esters is 1. The third-order valence-electron chi connectivity index (χ3n) is 3.09. The van der Waals surface area contributed by atoms with Crippen LogP contribution in [-0.2, 0) is 14.3 Å². The van der Waals surface area contributed by atoms with Crippen LogP contribution >= 0.6 is 0 Å². The SMILES string of the molecule is COC(=O)[C@@](O)(CC(=O)Nc1ccc(OC)cc1OC)C(F)(F)F. The molecule has 0 aliphatic heterocycles. The topological polar surface area (TPSA) is 94.1 Å². The Hall–Kier alpha value is -2.49. The van der Waals surface area contributed by atoms with Crippen LogP contribution in [0.2, 0.25) is 0 Å². The van der Waals surface area contributed by atoms with Crippen LogP contribution in [0.4, 0.5) is 18.9 Å². The normalized spacial score (nSPS) is 13.6. The Bertz CT molecular complexity index is 619. The zero-order chi connectivity index (χ0) is 18.5. The first-order chi connectivity index (χ1) is 11.1. The molecule has 0 unspecified atom stereocenters. The average Bonchev–Trinajstić information content (AvgIpc) is 2.52. The van der Waals surface area contributed by atoms with Crippen molar-refractivity contribution in [2.24, 2.45) is 0 Å². The van der Waals surface area contributed by atoms with Crippen LogP contribution < -0.4 is 14.8 Å². The van der Waals surface area contributed by atoms with Gasteiger partial charge in [0.2, 0.25) is 5.91 Å². The van der Waals surface area contributed by atoms with Crippen molar-refractivity contribution in [3.8, 4) is 11.5 Å². The molecule has 0 heterocycles. The third kappa shape index (κ3) is 4.07. The standard InChI is InChI=1S/C14H16F3NO6/c1-22-8-4-5-9(10(6-8)23-2)18-11(19)7-13(21,12(20)24-3)14(15,16)17/h4-6,21H,7H2,1-3H3,(H,18,19)/t13-/m0/s1. The van der Waals surface area contributed by atoms with E-state index in [1.165, 1.54) is 32.4 Å². The minimum absolute atomic E-state index is 0.0395. The Morgan fingerprint density at radius 2 is 1.79 bits per heavy atom. The summed E-state index contributed by atoms with van der Waals surface area (Å²) in [4.78, 5) is 23.1. The fraction of sp³-hybridized carbons (Fsp3) is 0.429. The maximum Gasteiger partial charge on any atom is 0.428 e. The molecule has 1 atom stereocenters. The summed E-state index contributed by atoms with van der Waals surface area (Å²) in [7, 11) is 3.35. The van der Waals surface area contributed by atoms with Crippen molar-refractivity contribution in [1.29, 1.82) is 0 Å². The molecule has 1 amide bonds. The molecule has 0 radical (unpaired) electrons.